The lowest BCUT2D eigenvalue weighted by atomic mass is 10.2. The largest absolute Gasteiger partial charge is 0.415 e. The average molecular weight is 257 g/mol. The molecular weight excluding hydrogens is 239 g/mol. The van der Waals surface area contributed by atoms with Crippen LogP contribution in [0, 0.1) is 0 Å². The maximum atomic E-state index is 12.1. The van der Waals surface area contributed by atoms with Gasteiger partial charge in [-0.1, -0.05) is 13.3 Å². The van der Waals surface area contributed by atoms with E-state index in [2.05, 4.69) is 5.32 Å². The molecule has 3 unspecified atom stereocenters. The molecule has 0 aromatic heterocycles. The molecule has 96 valence electrons. The van der Waals surface area contributed by atoms with Gasteiger partial charge in [-0.05, 0) is 18.6 Å². The molecule has 0 heterocycles. The molecule has 2 nitrogen and oxygen atoms in total. The van der Waals surface area contributed by atoms with Gasteiger partial charge in [-0.3, -0.25) is 0 Å². The zero-order valence-corrected chi connectivity index (χ0v) is 10.1. The van der Waals surface area contributed by atoms with Gasteiger partial charge >= 0.3 is 6.18 Å². The quantitative estimate of drug-likeness (QED) is 0.791. The lowest BCUT2D eigenvalue weighted by Gasteiger charge is -2.22. The lowest BCUT2D eigenvalue weighted by molar-refractivity contribution is -0.202. The smallest absolute Gasteiger partial charge is 0.382 e. The van der Waals surface area contributed by atoms with E-state index in [9.17, 15) is 13.2 Å². The SMILES string of the molecule is CCSC1CCCC1NCC(O)C(F)(F)F. The van der Waals surface area contributed by atoms with E-state index in [-0.39, 0.29) is 6.04 Å². The number of nitrogens with one attached hydrogen (secondary N) is 1. The zero-order chi connectivity index (χ0) is 12.2. The Bertz CT molecular complexity index is 213. The van der Waals surface area contributed by atoms with E-state index in [1.165, 1.54) is 0 Å². The van der Waals surface area contributed by atoms with Gasteiger partial charge in [-0.2, -0.15) is 24.9 Å². The van der Waals surface area contributed by atoms with Crippen molar-refractivity contribution in [3.63, 3.8) is 0 Å². The molecule has 0 spiro atoms. The number of hydrogen-bond donors (Lipinski definition) is 2. The van der Waals surface area contributed by atoms with E-state index in [0.717, 1.165) is 25.0 Å². The van der Waals surface area contributed by atoms with Crippen molar-refractivity contribution >= 4 is 11.8 Å². The van der Waals surface area contributed by atoms with Crippen LogP contribution < -0.4 is 5.32 Å². The van der Waals surface area contributed by atoms with Gasteiger partial charge in [0.1, 0.15) is 0 Å². The Kier molecular flexibility index (Phi) is 5.40. The van der Waals surface area contributed by atoms with Gasteiger partial charge in [0.2, 0.25) is 0 Å². The normalized spacial score (nSPS) is 28.3. The molecule has 0 aliphatic heterocycles. The molecule has 0 bridgehead atoms. The monoisotopic (exact) mass is 257 g/mol. The third kappa shape index (κ3) is 4.14. The summed E-state index contributed by atoms with van der Waals surface area (Å²) in [5, 5.41) is 12.1. The zero-order valence-electron chi connectivity index (χ0n) is 9.26. The van der Waals surface area contributed by atoms with E-state index >= 15 is 0 Å². The van der Waals surface area contributed by atoms with Gasteiger partial charge in [-0.25, -0.2) is 0 Å². The fourth-order valence-corrected chi connectivity index (χ4v) is 3.18. The number of rotatable bonds is 5. The Balaban J connectivity index is 2.31. The highest BCUT2D eigenvalue weighted by molar-refractivity contribution is 7.99. The molecule has 3 atom stereocenters. The molecule has 2 N–H and O–H groups in total. The number of aliphatic hydroxyl groups excluding tert-OH is 1. The second-order valence-corrected chi connectivity index (χ2v) is 5.51. The number of thioether (sulfide) groups is 1. The van der Waals surface area contributed by atoms with Crippen molar-refractivity contribution in [2.75, 3.05) is 12.3 Å². The highest BCUT2D eigenvalue weighted by Crippen LogP contribution is 2.30. The lowest BCUT2D eigenvalue weighted by Crippen LogP contribution is -2.44. The molecule has 16 heavy (non-hydrogen) atoms. The number of halogens is 3. The second-order valence-electron chi connectivity index (χ2n) is 4.00. The molecule has 1 rings (SSSR count). The summed E-state index contributed by atoms with van der Waals surface area (Å²) in [6.45, 7) is 1.65. The number of alkyl halides is 3. The first-order chi connectivity index (χ1) is 7.45. The molecule has 0 saturated heterocycles. The summed E-state index contributed by atoms with van der Waals surface area (Å²) >= 11 is 1.78. The summed E-state index contributed by atoms with van der Waals surface area (Å²) in [5.74, 6) is 0.977. The molecule has 1 saturated carbocycles. The molecule has 0 aromatic rings. The topological polar surface area (TPSA) is 32.3 Å². The summed E-state index contributed by atoms with van der Waals surface area (Å²) in [6.07, 6.45) is -3.75. The van der Waals surface area contributed by atoms with Crippen molar-refractivity contribution in [2.24, 2.45) is 0 Å². The van der Waals surface area contributed by atoms with Crippen molar-refractivity contribution in [2.45, 2.75) is 49.8 Å². The minimum absolute atomic E-state index is 0.113. The van der Waals surface area contributed by atoms with Crippen LogP contribution in [0.15, 0.2) is 0 Å². The van der Waals surface area contributed by atoms with Gasteiger partial charge < -0.3 is 10.4 Å². The van der Waals surface area contributed by atoms with Crippen molar-refractivity contribution in [3.05, 3.63) is 0 Å². The van der Waals surface area contributed by atoms with E-state index < -0.39 is 18.8 Å². The Labute approximate surface area is 98.0 Å². The predicted octanol–water partition coefficient (Wildman–Crippen LogP) is 2.17. The van der Waals surface area contributed by atoms with Gasteiger partial charge in [0.15, 0.2) is 6.10 Å². The average Bonchev–Trinajstić information content (AvgIpc) is 2.61. The first kappa shape index (κ1) is 14.1. The fourth-order valence-electron chi connectivity index (χ4n) is 1.95. The maximum Gasteiger partial charge on any atom is 0.415 e. The van der Waals surface area contributed by atoms with E-state index in [1.807, 2.05) is 6.92 Å². The number of aliphatic hydroxyl groups is 1. The first-order valence-electron chi connectivity index (χ1n) is 5.55. The van der Waals surface area contributed by atoms with Crippen molar-refractivity contribution in [3.8, 4) is 0 Å². The van der Waals surface area contributed by atoms with Gasteiger partial charge in [0, 0.05) is 17.8 Å². The Morgan fingerprint density at radius 1 is 1.44 bits per heavy atom. The van der Waals surface area contributed by atoms with Gasteiger partial charge in [-0.15, -0.1) is 0 Å². The minimum atomic E-state index is -4.51. The molecule has 0 amide bonds. The summed E-state index contributed by atoms with van der Waals surface area (Å²) in [6, 6.07) is 0.113. The van der Waals surface area contributed by atoms with Crippen molar-refractivity contribution in [1.82, 2.24) is 5.32 Å². The molecule has 0 radical (unpaired) electrons. The van der Waals surface area contributed by atoms with Crippen LogP contribution in [0.2, 0.25) is 0 Å². The molecule has 1 aliphatic rings. The molecule has 6 heteroatoms. The van der Waals surface area contributed by atoms with Gasteiger partial charge in [0.25, 0.3) is 0 Å². The van der Waals surface area contributed by atoms with E-state index in [0.29, 0.717) is 5.25 Å². The van der Waals surface area contributed by atoms with Crippen LogP contribution in [0.1, 0.15) is 26.2 Å². The minimum Gasteiger partial charge on any atom is -0.382 e. The predicted molar refractivity (Wildman–Crippen MR) is 59.6 cm³/mol. The van der Waals surface area contributed by atoms with Crippen molar-refractivity contribution in [1.29, 1.82) is 0 Å². The van der Waals surface area contributed by atoms with Crippen LogP contribution in [0.25, 0.3) is 0 Å². The highest BCUT2D eigenvalue weighted by atomic mass is 32.2. The molecule has 0 aromatic carbocycles. The third-order valence-corrected chi connectivity index (χ3v) is 4.11. The van der Waals surface area contributed by atoms with Crippen LogP contribution in [-0.2, 0) is 0 Å². The van der Waals surface area contributed by atoms with E-state index in [1.54, 1.807) is 11.8 Å². The highest BCUT2D eigenvalue weighted by Gasteiger charge is 2.39. The van der Waals surface area contributed by atoms with Crippen molar-refractivity contribution < 1.29 is 18.3 Å². The first-order valence-corrected chi connectivity index (χ1v) is 6.59. The standard InChI is InChI=1S/C10H18F3NOS/c1-2-16-8-5-3-4-7(8)14-6-9(15)10(11,12)13/h7-9,14-15H,2-6H2,1H3. The summed E-state index contributed by atoms with van der Waals surface area (Å²) in [4.78, 5) is 0. The van der Waals surface area contributed by atoms with Crippen LogP contribution >= 0.6 is 11.8 Å². The number of hydrogen-bond acceptors (Lipinski definition) is 3. The molecular formula is C10H18F3NOS. The Morgan fingerprint density at radius 3 is 2.69 bits per heavy atom. The summed E-state index contributed by atoms with van der Waals surface area (Å²) in [7, 11) is 0. The third-order valence-electron chi connectivity index (χ3n) is 2.78. The Hall–Kier alpha value is 0.0600. The molecule has 1 aliphatic carbocycles. The van der Waals surface area contributed by atoms with Gasteiger partial charge in [0.05, 0.1) is 0 Å². The Morgan fingerprint density at radius 2 is 2.12 bits per heavy atom. The summed E-state index contributed by atoms with van der Waals surface area (Å²) in [5.41, 5.74) is 0. The van der Waals surface area contributed by atoms with Crippen LogP contribution in [0.4, 0.5) is 13.2 Å². The fraction of sp³-hybridized carbons (Fsp3) is 1.00. The second kappa shape index (κ2) is 6.12. The van der Waals surface area contributed by atoms with E-state index in [4.69, 9.17) is 5.11 Å². The van der Waals surface area contributed by atoms with Crippen LogP contribution in [0.3, 0.4) is 0 Å². The van der Waals surface area contributed by atoms with Crippen LogP contribution in [-0.4, -0.2) is 41.0 Å². The van der Waals surface area contributed by atoms with Crippen LogP contribution in [0.5, 0.6) is 0 Å². The maximum absolute atomic E-state index is 12.1. The molecule has 1 fully saturated rings. The summed E-state index contributed by atoms with van der Waals surface area (Å²) < 4.78 is 36.2.